The zero-order valence-electron chi connectivity index (χ0n) is 19.2. The fourth-order valence-electron chi connectivity index (χ4n) is 2.56. The number of nitrogens with one attached hydrogen (secondary N) is 3. The largest absolute Gasteiger partial charge is 0.444 e. The molecule has 3 N–H and O–H groups in total. The van der Waals surface area contributed by atoms with Crippen molar-refractivity contribution in [3.05, 3.63) is 23.9 Å². The third kappa shape index (κ3) is 12.0. The minimum atomic E-state index is -0.481. The Labute approximate surface area is 198 Å². The molecule has 1 aromatic heterocycles. The van der Waals surface area contributed by atoms with E-state index in [0.29, 0.717) is 19.6 Å². The molecule has 0 aliphatic heterocycles. The highest BCUT2D eigenvalue weighted by molar-refractivity contribution is 14.0. The number of aromatic nitrogens is 1. The Kier molecular flexibility index (Phi) is 14.2. The summed E-state index contributed by atoms with van der Waals surface area (Å²) in [5.41, 5.74) is 0.579. The average molecular weight is 534 g/mol. The molecule has 0 aliphatic carbocycles. The van der Waals surface area contributed by atoms with E-state index in [9.17, 15) is 4.79 Å². The smallest absolute Gasteiger partial charge is 0.407 e. The van der Waals surface area contributed by atoms with Crippen LogP contribution in [0, 0.1) is 0 Å². The molecule has 9 heteroatoms. The SMILES string of the molecule is CCNC(=NCc1ccc(N(CC)CC)nc1)NCCCNC(=O)OC(C)(C)C.I. The lowest BCUT2D eigenvalue weighted by Crippen LogP contribution is -2.39. The number of hydrogen-bond acceptors (Lipinski definition) is 5. The van der Waals surface area contributed by atoms with Crippen molar-refractivity contribution in [1.29, 1.82) is 0 Å². The Balaban J connectivity index is 0.00000841. The minimum Gasteiger partial charge on any atom is -0.444 e. The number of rotatable bonds is 10. The van der Waals surface area contributed by atoms with Crippen LogP contribution >= 0.6 is 24.0 Å². The summed E-state index contributed by atoms with van der Waals surface area (Å²) in [7, 11) is 0. The molecular formula is C21H39IN6O2. The molecular weight excluding hydrogens is 495 g/mol. The van der Waals surface area contributed by atoms with Gasteiger partial charge in [0.2, 0.25) is 0 Å². The molecule has 0 fully saturated rings. The highest BCUT2D eigenvalue weighted by atomic mass is 127. The van der Waals surface area contributed by atoms with Crippen LogP contribution in [0.4, 0.5) is 10.6 Å². The number of guanidine groups is 1. The van der Waals surface area contributed by atoms with Crippen molar-refractivity contribution in [3.63, 3.8) is 0 Å². The fourth-order valence-corrected chi connectivity index (χ4v) is 2.56. The number of carbonyl (C=O) groups is 1. The highest BCUT2D eigenvalue weighted by Crippen LogP contribution is 2.11. The van der Waals surface area contributed by atoms with E-state index in [4.69, 9.17) is 4.74 Å². The van der Waals surface area contributed by atoms with Crippen molar-refractivity contribution in [1.82, 2.24) is 20.9 Å². The predicted octanol–water partition coefficient (Wildman–Crippen LogP) is 3.52. The molecule has 1 aromatic rings. The summed E-state index contributed by atoms with van der Waals surface area (Å²) < 4.78 is 5.21. The number of hydrogen-bond donors (Lipinski definition) is 3. The maximum Gasteiger partial charge on any atom is 0.407 e. The van der Waals surface area contributed by atoms with Gasteiger partial charge in [-0.1, -0.05) is 6.07 Å². The molecule has 0 aromatic carbocycles. The lowest BCUT2D eigenvalue weighted by molar-refractivity contribution is 0.0527. The summed E-state index contributed by atoms with van der Waals surface area (Å²) >= 11 is 0. The molecule has 0 bridgehead atoms. The van der Waals surface area contributed by atoms with Gasteiger partial charge in [0, 0.05) is 38.9 Å². The van der Waals surface area contributed by atoms with E-state index in [0.717, 1.165) is 43.4 Å². The maximum atomic E-state index is 11.6. The van der Waals surface area contributed by atoms with E-state index >= 15 is 0 Å². The quantitative estimate of drug-likeness (QED) is 0.184. The Bertz CT molecular complexity index is 627. The van der Waals surface area contributed by atoms with Crippen molar-refractivity contribution < 1.29 is 9.53 Å². The van der Waals surface area contributed by atoms with E-state index < -0.39 is 11.7 Å². The second-order valence-corrected chi connectivity index (χ2v) is 7.60. The number of ether oxygens (including phenoxy) is 1. The summed E-state index contributed by atoms with van der Waals surface area (Å²) in [4.78, 5) is 23.0. The van der Waals surface area contributed by atoms with Gasteiger partial charge in [-0.15, -0.1) is 24.0 Å². The van der Waals surface area contributed by atoms with E-state index in [1.165, 1.54) is 0 Å². The topological polar surface area (TPSA) is 90.9 Å². The minimum absolute atomic E-state index is 0. The van der Waals surface area contributed by atoms with Crippen molar-refractivity contribution in [2.75, 3.05) is 37.6 Å². The molecule has 0 radical (unpaired) electrons. The lowest BCUT2D eigenvalue weighted by Gasteiger charge is -2.19. The number of carbonyl (C=O) groups excluding carboxylic acids is 1. The summed E-state index contributed by atoms with van der Waals surface area (Å²) in [5, 5.41) is 9.26. The lowest BCUT2D eigenvalue weighted by atomic mass is 10.2. The van der Waals surface area contributed by atoms with Gasteiger partial charge in [-0.2, -0.15) is 0 Å². The molecule has 8 nitrogen and oxygen atoms in total. The van der Waals surface area contributed by atoms with Crippen LogP contribution in [0.1, 0.15) is 53.5 Å². The Morgan fingerprint density at radius 3 is 2.30 bits per heavy atom. The van der Waals surface area contributed by atoms with Crippen LogP contribution in [0.3, 0.4) is 0 Å². The van der Waals surface area contributed by atoms with E-state index in [2.05, 4.69) is 50.7 Å². The Morgan fingerprint density at radius 1 is 1.10 bits per heavy atom. The molecule has 30 heavy (non-hydrogen) atoms. The van der Waals surface area contributed by atoms with Crippen molar-refractivity contribution in [2.24, 2.45) is 4.99 Å². The number of amides is 1. The predicted molar refractivity (Wildman–Crippen MR) is 135 cm³/mol. The van der Waals surface area contributed by atoms with Gasteiger partial charge in [0.15, 0.2) is 5.96 Å². The standard InChI is InChI=1S/C21H38N6O2.HI/c1-7-22-19(23-13-10-14-24-20(28)29-21(4,5)6)26-16-17-11-12-18(25-15-17)27(8-2)9-3;/h11-12,15H,7-10,13-14,16H2,1-6H3,(H,24,28)(H2,22,23,26);1H. The summed E-state index contributed by atoms with van der Waals surface area (Å²) in [6.45, 7) is 16.3. The third-order valence-corrected chi connectivity index (χ3v) is 3.97. The van der Waals surface area contributed by atoms with Crippen molar-refractivity contribution in [3.8, 4) is 0 Å². The van der Waals surface area contributed by atoms with Crippen LogP contribution in [-0.2, 0) is 11.3 Å². The maximum absolute atomic E-state index is 11.6. The molecule has 0 spiro atoms. The molecule has 0 atom stereocenters. The first-order valence-electron chi connectivity index (χ1n) is 10.5. The van der Waals surface area contributed by atoms with Gasteiger partial charge in [-0.25, -0.2) is 14.8 Å². The third-order valence-electron chi connectivity index (χ3n) is 3.97. The van der Waals surface area contributed by atoms with Crippen molar-refractivity contribution in [2.45, 2.75) is 60.1 Å². The van der Waals surface area contributed by atoms with E-state index in [-0.39, 0.29) is 24.0 Å². The van der Waals surface area contributed by atoms with Crippen LogP contribution < -0.4 is 20.9 Å². The second kappa shape index (κ2) is 15.1. The number of nitrogens with zero attached hydrogens (tertiary/aromatic N) is 3. The van der Waals surface area contributed by atoms with E-state index in [1.807, 2.05) is 40.0 Å². The first-order chi connectivity index (χ1) is 13.8. The second-order valence-electron chi connectivity index (χ2n) is 7.60. The van der Waals surface area contributed by atoms with Crippen LogP contribution in [-0.4, -0.2) is 55.4 Å². The van der Waals surface area contributed by atoms with Gasteiger partial charge in [0.1, 0.15) is 11.4 Å². The van der Waals surface area contributed by atoms with E-state index in [1.54, 1.807) is 0 Å². The average Bonchev–Trinajstić information content (AvgIpc) is 2.66. The molecule has 1 amide bonds. The summed E-state index contributed by atoms with van der Waals surface area (Å²) in [6.07, 6.45) is 2.26. The van der Waals surface area contributed by atoms with Crippen LogP contribution in [0.5, 0.6) is 0 Å². The first kappa shape index (κ1) is 28.2. The molecule has 1 heterocycles. The van der Waals surface area contributed by atoms with Gasteiger partial charge in [0.05, 0.1) is 6.54 Å². The van der Waals surface area contributed by atoms with Gasteiger partial charge >= 0.3 is 6.09 Å². The van der Waals surface area contributed by atoms with Crippen LogP contribution in [0.2, 0.25) is 0 Å². The molecule has 0 saturated carbocycles. The van der Waals surface area contributed by atoms with Crippen LogP contribution in [0.15, 0.2) is 23.3 Å². The molecule has 172 valence electrons. The molecule has 0 unspecified atom stereocenters. The zero-order chi connectivity index (χ0) is 21.7. The number of pyridine rings is 1. The Hall–Kier alpha value is -1.78. The number of aliphatic imine (C=N–C) groups is 1. The number of halogens is 1. The first-order valence-corrected chi connectivity index (χ1v) is 10.5. The van der Waals surface area contributed by atoms with Gasteiger partial charge in [-0.05, 0) is 59.6 Å². The molecule has 1 rings (SSSR count). The van der Waals surface area contributed by atoms with Crippen LogP contribution in [0.25, 0.3) is 0 Å². The summed E-state index contributed by atoms with van der Waals surface area (Å²) in [6, 6.07) is 4.11. The van der Waals surface area contributed by atoms with Crippen molar-refractivity contribution >= 4 is 41.8 Å². The van der Waals surface area contributed by atoms with Gasteiger partial charge in [0.25, 0.3) is 0 Å². The number of anilines is 1. The normalized spacial score (nSPS) is 11.3. The number of alkyl carbamates (subject to hydrolysis) is 1. The zero-order valence-corrected chi connectivity index (χ0v) is 21.6. The molecule has 0 saturated heterocycles. The molecule has 0 aliphatic rings. The highest BCUT2D eigenvalue weighted by Gasteiger charge is 2.15. The monoisotopic (exact) mass is 534 g/mol. The fraction of sp³-hybridized carbons (Fsp3) is 0.667. The summed E-state index contributed by atoms with van der Waals surface area (Å²) in [5.74, 6) is 1.74. The Morgan fingerprint density at radius 2 is 1.77 bits per heavy atom. The van der Waals surface area contributed by atoms with Gasteiger partial charge in [-0.3, -0.25) is 0 Å². The van der Waals surface area contributed by atoms with Gasteiger partial charge < -0.3 is 25.6 Å².